The first kappa shape index (κ1) is 17.9. The number of hydrogen-bond acceptors (Lipinski definition) is 4. The van der Waals surface area contributed by atoms with Gasteiger partial charge in [0.25, 0.3) is 10.2 Å². The van der Waals surface area contributed by atoms with Gasteiger partial charge in [-0.3, -0.25) is 4.90 Å². The minimum atomic E-state index is -3.31. The molecule has 1 aromatic heterocycles. The van der Waals surface area contributed by atoms with E-state index in [1.54, 1.807) is 8.61 Å². The topological polar surface area (TPSA) is 61.7 Å². The van der Waals surface area contributed by atoms with Gasteiger partial charge in [0.1, 0.15) is 0 Å². The molecule has 0 radical (unpaired) electrons. The highest BCUT2D eigenvalue weighted by molar-refractivity contribution is 7.86. The van der Waals surface area contributed by atoms with Crippen LogP contribution in [-0.2, 0) is 16.9 Å². The molecule has 1 aromatic carbocycles. The molecule has 0 bridgehead atoms. The molecule has 4 rings (SSSR count). The molecule has 7 nitrogen and oxygen atoms in total. The van der Waals surface area contributed by atoms with Crippen molar-refractivity contribution in [3.63, 3.8) is 0 Å². The Morgan fingerprint density at radius 1 is 0.846 bits per heavy atom. The third-order valence-corrected chi connectivity index (χ3v) is 7.46. The van der Waals surface area contributed by atoms with Crippen molar-refractivity contribution in [2.24, 2.45) is 0 Å². The lowest BCUT2D eigenvalue weighted by Crippen LogP contribution is -2.53. The maximum Gasteiger partial charge on any atom is 0.282 e. The van der Waals surface area contributed by atoms with Gasteiger partial charge in [0, 0.05) is 39.3 Å². The third kappa shape index (κ3) is 3.64. The fraction of sp³-hybridized carbons (Fsp3) is 0.611. The Hall–Kier alpha value is -1.48. The number of piperazine rings is 1. The zero-order valence-corrected chi connectivity index (χ0v) is 15.9. The molecule has 2 aromatic rings. The Labute approximate surface area is 155 Å². The molecule has 26 heavy (non-hydrogen) atoms. The molecule has 3 heterocycles. The van der Waals surface area contributed by atoms with E-state index in [0.717, 1.165) is 56.5 Å². The Balaban J connectivity index is 1.37. The minimum absolute atomic E-state index is 0.561. The van der Waals surface area contributed by atoms with Gasteiger partial charge < -0.3 is 4.57 Å². The fourth-order valence-electron chi connectivity index (χ4n) is 3.88. The van der Waals surface area contributed by atoms with Crippen LogP contribution in [0, 0.1) is 0 Å². The van der Waals surface area contributed by atoms with Crippen LogP contribution in [0.2, 0.25) is 0 Å². The van der Waals surface area contributed by atoms with Crippen molar-refractivity contribution in [1.82, 2.24) is 23.1 Å². The molecule has 0 unspecified atom stereocenters. The molecule has 8 heteroatoms. The molecule has 2 aliphatic heterocycles. The van der Waals surface area contributed by atoms with Crippen molar-refractivity contribution in [1.29, 1.82) is 0 Å². The summed E-state index contributed by atoms with van der Waals surface area (Å²) in [4.78, 5) is 6.73. The standard InChI is InChI=1S/C18H27N5O2S/c24-26(25,22-9-5-1-2-6-10-22)23-13-11-20(12-14-23)16-21-15-19-17-7-3-4-8-18(17)21/h3-4,7-8,15H,1-2,5-6,9-14,16H2. The number of rotatable bonds is 4. The van der Waals surface area contributed by atoms with E-state index in [9.17, 15) is 8.42 Å². The SMILES string of the molecule is O=S(=O)(N1CCCCCC1)N1CCN(Cn2cnc3ccccc32)CC1. The normalized spacial score (nSPS) is 21.8. The van der Waals surface area contributed by atoms with Gasteiger partial charge in [0.05, 0.1) is 24.0 Å². The van der Waals surface area contributed by atoms with Crippen molar-refractivity contribution < 1.29 is 8.42 Å². The summed E-state index contributed by atoms with van der Waals surface area (Å²) in [6.07, 6.45) is 6.10. The van der Waals surface area contributed by atoms with Crippen LogP contribution in [0.25, 0.3) is 11.0 Å². The van der Waals surface area contributed by atoms with Crippen molar-refractivity contribution >= 4 is 21.2 Å². The van der Waals surface area contributed by atoms with E-state index < -0.39 is 10.2 Å². The van der Waals surface area contributed by atoms with E-state index in [4.69, 9.17) is 0 Å². The monoisotopic (exact) mass is 377 g/mol. The summed E-state index contributed by atoms with van der Waals surface area (Å²) >= 11 is 0. The Kier molecular flexibility index (Phi) is 5.26. The number of para-hydroxylation sites is 2. The van der Waals surface area contributed by atoms with Gasteiger partial charge in [-0.25, -0.2) is 4.98 Å². The van der Waals surface area contributed by atoms with Crippen molar-refractivity contribution in [2.75, 3.05) is 39.3 Å². The Morgan fingerprint density at radius 2 is 1.50 bits per heavy atom. The smallest absolute Gasteiger partial charge is 0.282 e. The molecule has 2 fully saturated rings. The van der Waals surface area contributed by atoms with Gasteiger partial charge in [-0.2, -0.15) is 17.0 Å². The largest absolute Gasteiger partial charge is 0.317 e. The number of nitrogens with zero attached hydrogens (tertiary/aromatic N) is 5. The molecule has 0 saturated carbocycles. The van der Waals surface area contributed by atoms with Crippen molar-refractivity contribution in [3.8, 4) is 0 Å². The molecule has 0 aliphatic carbocycles. The van der Waals surface area contributed by atoms with Crippen LogP contribution < -0.4 is 0 Å². The summed E-state index contributed by atoms with van der Waals surface area (Å²) < 4.78 is 31.3. The predicted molar refractivity (Wildman–Crippen MR) is 102 cm³/mol. The molecule has 0 spiro atoms. The highest BCUT2D eigenvalue weighted by Crippen LogP contribution is 2.19. The second kappa shape index (κ2) is 7.64. The van der Waals surface area contributed by atoms with Gasteiger partial charge in [-0.15, -0.1) is 0 Å². The van der Waals surface area contributed by atoms with E-state index in [1.807, 2.05) is 24.5 Å². The maximum atomic E-state index is 12.9. The summed E-state index contributed by atoms with van der Waals surface area (Å²) in [7, 11) is -3.31. The average Bonchev–Trinajstić information content (AvgIpc) is 2.87. The lowest BCUT2D eigenvalue weighted by Gasteiger charge is -2.36. The fourth-order valence-corrected chi connectivity index (χ4v) is 5.55. The lowest BCUT2D eigenvalue weighted by molar-refractivity contribution is 0.149. The van der Waals surface area contributed by atoms with Gasteiger partial charge in [-0.1, -0.05) is 25.0 Å². The van der Waals surface area contributed by atoms with Crippen LogP contribution >= 0.6 is 0 Å². The molecule has 0 N–H and O–H groups in total. The van der Waals surface area contributed by atoms with E-state index in [2.05, 4.69) is 20.5 Å². The van der Waals surface area contributed by atoms with Crippen molar-refractivity contribution in [3.05, 3.63) is 30.6 Å². The molecule has 0 amide bonds. The quantitative estimate of drug-likeness (QED) is 0.814. The summed E-state index contributed by atoms with van der Waals surface area (Å²) in [5, 5.41) is 0. The van der Waals surface area contributed by atoms with Crippen LogP contribution in [0.5, 0.6) is 0 Å². The van der Waals surface area contributed by atoms with Gasteiger partial charge in [0.15, 0.2) is 0 Å². The van der Waals surface area contributed by atoms with Crippen LogP contribution in [0.4, 0.5) is 0 Å². The van der Waals surface area contributed by atoms with E-state index in [0.29, 0.717) is 26.2 Å². The van der Waals surface area contributed by atoms with Gasteiger partial charge in [-0.05, 0) is 25.0 Å². The van der Waals surface area contributed by atoms with Crippen LogP contribution in [0.1, 0.15) is 25.7 Å². The van der Waals surface area contributed by atoms with Crippen LogP contribution in [0.3, 0.4) is 0 Å². The molecule has 2 aliphatic rings. The summed E-state index contributed by atoms with van der Waals surface area (Å²) in [5.41, 5.74) is 2.11. The maximum absolute atomic E-state index is 12.9. The Bertz CT molecular complexity index is 834. The number of imidazole rings is 1. The molecule has 142 valence electrons. The summed E-state index contributed by atoms with van der Waals surface area (Å²) in [5.74, 6) is 0. The zero-order chi connectivity index (χ0) is 18.0. The van der Waals surface area contributed by atoms with E-state index in [-0.39, 0.29) is 0 Å². The molecule has 0 atom stereocenters. The second-order valence-electron chi connectivity index (χ2n) is 7.18. The van der Waals surface area contributed by atoms with Crippen LogP contribution in [-0.4, -0.2) is 70.7 Å². The zero-order valence-electron chi connectivity index (χ0n) is 15.1. The predicted octanol–water partition coefficient (Wildman–Crippen LogP) is 1.73. The molecule has 2 saturated heterocycles. The first-order valence-electron chi connectivity index (χ1n) is 9.52. The second-order valence-corrected chi connectivity index (χ2v) is 9.11. The first-order valence-corrected chi connectivity index (χ1v) is 10.9. The molecular formula is C18H27N5O2S. The van der Waals surface area contributed by atoms with Crippen LogP contribution in [0.15, 0.2) is 30.6 Å². The van der Waals surface area contributed by atoms with Gasteiger partial charge in [0.2, 0.25) is 0 Å². The third-order valence-electron chi connectivity index (χ3n) is 5.43. The Morgan fingerprint density at radius 3 is 2.23 bits per heavy atom. The number of benzene rings is 1. The first-order chi connectivity index (χ1) is 12.6. The lowest BCUT2D eigenvalue weighted by atomic mass is 10.2. The molecular weight excluding hydrogens is 350 g/mol. The summed E-state index contributed by atoms with van der Waals surface area (Å²) in [6, 6.07) is 8.10. The summed E-state index contributed by atoms with van der Waals surface area (Å²) in [6.45, 7) is 4.71. The number of hydrogen-bond donors (Lipinski definition) is 0. The highest BCUT2D eigenvalue weighted by Gasteiger charge is 2.32. The van der Waals surface area contributed by atoms with E-state index >= 15 is 0 Å². The highest BCUT2D eigenvalue weighted by atomic mass is 32.2. The van der Waals surface area contributed by atoms with Gasteiger partial charge >= 0.3 is 0 Å². The number of fused-ring (bicyclic) bond motifs is 1. The van der Waals surface area contributed by atoms with Crippen molar-refractivity contribution in [2.45, 2.75) is 32.4 Å². The number of aromatic nitrogens is 2. The minimum Gasteiger partial charge on any atom is -0.317 e. The van der Waals surface area contributed by atoms with E-state index in [1.165, 1.54) is 0 Å². The average molecular weight is 378 g/mol.